The summed E-state index contributed by atoms with van der Waals surface area (Å²) in [7, 11) is -6.15. The molecular weight excluding hydrogens is 584 g/mol. The van der Waals surface area contributed by atoms with Crippen molar-refractivity contribution in [1.29, 1.82) is 0 Å². The van der Waals surface area contributed by atoms with E-state index in [1.807, 2.05) is 109 Å². The maximum atomic E-state index is 11.9. The Bertz CT molecular complexity index is 1710. The Balaban J connectivity index is 1.54. The molecule has 0 aliphatic carbocycles. The van der Waals surface area contributed by atoms with Crippen LogP contribution in [0.3, 0.4) is 0 Å². The summed E-state index contributed by atoms with van der Waals surface area (Å²) < 4.78 is 40.9. The van der Waals surface area contributed by atoms with Crippen molar-refractivity contribution in [2.75, 3.05) is 0 Å². The molecule has 6 rings (SSSR count). The highest BCUT2D eigenvalue weighted by Crippen LogP contribution is 2.46. The first-order valence-corrected chi connectivity index (χ1v) is 16.3. The first-order valence-electron chi connectivity index (χ1n) is 13.1. The standard InChI is InChI=1S/C35H25ClO4S2/c37-36(38,39)40-42-34(30-17-9-3-10-18-30)24-27(25-35(42)31-19-11-4-12-20-31)21-26-22-32(28-13-5-1-6-14-28)41-33(23-26)29-15-7-2-8-16-29/h1-25H. The minimum atomic E-state index is -4.68. The van der Waals surface area contributed by atoms with Crippen LogP contribution in [0.25, 0.3) is 14.7 Å². The molecular formula is C35H25ClO4S2. The molecule has 42 heavy (non-hydrogen) atoms. The lowest BCUT2D eigenvalue weighted by Gasteiger charge is -2.22. The molecule has 0 N–H and O–H groups in total. The maximum Gasteiger partial charge on any atom is 0.148 e. The third-order valence-electron chi connectivity index (χ3n) is 6.52. The van der Waals surface area contributed by atoms with Crippen LogP contribution in [0.15, 0.2) is 163 Å². The van der Waals surface area contributed by atoms with Crippen molar-refractivity contribution in [2.45, 2.75) is 0 Å². The molecule has 1 atom stereocenters. The van der Waals surface area contributed by atoms with Gasteiger partial charge in [0.25, 0.3) is 0 Å². The van der Waals surface area contributed by atoms with E-state index < -0.39 is 21.0 Å². The lowest BCUT2D eigenvalue weighted by atomic mass is 10.0. The molecule has 7 heteroatoms. The number of halogens is 1. The SMILES string of the molecule is [O-][Cl+3]([O-])([O-])OS1=C(c2ccccc2)C=C(C=C2C=C(c3ccccc3)SC(c3ccccc3)=C2)C=C1c1ccccc1. The first kappa shape index (κ1) is 28.4. The summed E-state index contributed by atoms with van der Waals surface area (Å²) in [6.07, 6.45) is 10.2. The van der Waals surface area contributed by atoms with E-state index in [1.54, 1.807) is 11.8 Å². The molecule has 0 amide bonds. The molecule has 0 aromatic heterocycles. The Morgan fingerprint density at radius 3 is 1.48 bits per heavy atom. The van der Waals surface area contributed by atoms with Crippen molar-refractivity contribution in [3.05, 3.63) is 185 Å². The average molecular weight is 609 g/mol. The van der Waals surface area contributed by atoms with Crippen LogP contribution in [-0.4, -0.2) is 4.86 Å². The molecule has 2 aliphatic rings. The summed E-state index contributed by atoms with van der Waals surface area (Å²) in [5, 5.41) is 0. The van der Waals surface area contributed by atoms with E-state index in [-0.39, 0.29) is 0 Å². The molecule has 4 aromatic rings. The number of thioether (sulfide) groups is 1. The third-order valence-corrected chi connectivity index (χ3v) is 10.3. The quantitative estimate of drug-likeness (QED) is 0.239. The van der Waals surface area contributed by atoms with Crippen LogP contribution >= 0.6 is 22.5 Å². The first-order chi connectivity index (χ1) is 20.4. The van der Waals surface area contributed by atoms with Crippen LogP contribution in [0.1, 0.15) is 22.3 Å². The van der Waals surface area contributed by atoms with Crippen LogP contribution in [0.2, 0.25) is 0 Å². The fourth-order valence-electron chi connectivity index (χ4n) is 4.67. The highest BCUT2D eigenvalue weighted by Gasteiger charge is 2.31. The van der Waals surface area contributed by atoms with Gasteiger partial charge < -0.3 is 0 Å². The Morgan fingerprint density at radius 1 is 0.548 bits per heavy atom. The minimum absolute atomic E-state index is 0.612. The molecule has 0 bridgehead atoms. The van der Waals surface area contributed by atoms with E-state index >= 15 is 0 Å². The summed E-state index contributed by atoms with van der Waals surface area (Å²) >= 11 is 1.73. The van der Waals surface area contributed by atoms with Crippen LogP contribution in [-0.2, 0) is 3.74 Å². The maximum absolute atomic E-state index is 11.9. The number of hydrogen-bond donors (Lipinski definition) is 0. The van der Waals surface area contributed by atoms with E-state index in [2.05, 4.69) is 42.5 Å². The molecule has 0 saturated heterocycles. The molecule has 2 aliphatic heterocycles. The van der Waals surface area contributed by atoms with Gasteiger partial charge in [0.2, 0.25) is 0 Å². The van der Waals surface area contributed by atoms with Crippen molar-refractivity contribution < 1.29 is 28.0 Å². The van der Waals surface area contributed by atoms with Gasteiger partial charge >= 0.3 is 0 Å². The molecule has 4 aromatic carbocycles. The highest BCUT2D eigenvalue weighted by molar-refractivity contribution is 8.20. The van der Waals surface area contributed by atoms with Crippen molar-refractivity contribution in [1.82, 2.24) is 0 Å². The number of hydrogen-bond acceptors (Lipinski definition) is 5. The van der Waals surface area contributed by atoms with Crippen LogP contribution in [0, 0.1) is 10.2 Å². The normalized spacial score (nSPS) is 17.2. The summed E-state index contributed by atoms with van der Waals surface area (Å²) in [4.78, 5) is 3.47. The average Bonchev–Trinajstić information content (AvgIpc) is 3.02. The Hall–Kier alpha value is -3.72. The summed E-state index contributed by atoms with van der Waals surface area (Å²) in [6.45, 7) is 0. The Kier molecular flexibility index (Phi) is 8.55. The van der Waals surface area contributed by atoms with Gasteiger partial charge in [0.05, 0.1) is 20.0 Å². The van der Waals surface area contributed by atoms with Crippen LogP contribution in [0.4, 0.5) is 0 Å². The fourth-order valence-corrected chi connectivity index (χ4v) is 8.39. The van der Waals surface area contributed by atoms with E-state index in [0.717, 1.165) is 43.2 Å². The van der Waals surface area contributed by atoms with E-state index in [1.165, 1.54) is 0 Å². The lowest BCUT2D eigenvalue weighted by Crippen LogP contribution is -2.60. The van der Waals surface area contributed by atoms with E-state index in [0.29, 0.717) is 9.77 Å². The molecule has 4 nitrogen and oxygen atoms in total. The fraction of sp³-hybridized carbons (Fsp3) is 0. The molecule has 0 spiro atoms. The van der Waals surface area contributed by atoms with Gasteiger partial charge in [-0.2, -0.15) is 14.0 Å². The summed E-state index contributed by atoms with van der Waals surface area (Å²) in [5.41, 5.74) is 5.65. The summed E-state index contributed by atoms with van der Waals surface area (Å²) in [6, 6.07) is 39.4. The van der Waals surface area contributed by atoms with Gasteiger partial charge in [-0.3, -0.25) is 0 Å². The van der Waals surface area contributed by atoms with Gasteiger partial charge in [-0.25, -0.2) is 0 Å². The van der Waals surface area contributed by atoms with Crippen molar-refractivity contribution in [3.63, 3.8) is 0 Å². The zero-order valence-corrected chi connectivity index (χ0v) is 24.7. The predicted molar refractivity (Wildman–Crippen MR) is 166 cm³/mol. The van der Waals surface area contributed by atoms with Gasteiger partial charge in [0.15, 0.2) is 0 Å². The topological polar surface area (TPSA) is 78.4 Å². The number of benzene rings is 4. The zero-order valence-electron chi connectivity index (χ0n) is 22.3. The predicted octanol–water partition coefficient (Wildman–Crippen LogP) is 6.04. The number of allylic oxidation sites excluding steroid dienone is 7. The lowest BCUT2D eigenvalue weighted by molar-refractivity contribution is -1.91. The minimum Gasteiger partial charge on any atom is -0.182 e. The molecule has 1 unspecified atom stereocenters. The van der Waals surface area contributed by atoms with Gasteiger partial charge in [-0.05, 0) is 63.8 Å². The van der Waals surface area contributed by atoms with E-state index in [4.69, 9.17) is 3.74 Å². The van der Waals surface area contributed by atoms with Gasteiger partial charge in [0, 0.05) is 9.81 Å². The molecule has 2 heterocycles. The molecule has 0 fully saturated rings. The number of rotatable bonds is 7. The second kappa shape index (κ2) is 12.7. The monoisotopic (exact) mass is 608 g/mol. The van der Waals surface area contributed by atoms with Crippen LogP contribution in [0.5, 0.6) is 0 Å². The van der Waals surface area contributed by atoms with Gasteiger partial charge in [-0.15, -0.1) is 0 Å². The largest absolute Gasteiger partial charge is 0.182 e. The molecule has 0 radical (unpaired) electrons. The zero-order chi connectivity index (χ0) is 28.9. The van der Waals surface area contributed by atoms with Crippen LogP contribution < -0.4 is 14.0 Å². The Labute approximate surface area is 254 Å². The second-order valence-corrected chi connectivity index (χ2v) is 13.2. The third kappa shape index (κ3) is 6.84. The van der Waals surface area contributed by atoms with Gasteiger partial charge in [-0.1, -0.05) is 133 Å². The molecule has 0 saturated carbocycles. The van der Waals surface area contributed by atoms with Crippen molar-refractivity contribution in [3.8, 4) is 0 Å². The highest BCUT2D eigenvalue weighted by atomic mass is 35.7. The van der Waals surface area contributed by atoms with Crippen molar-refractivity contribution in [2.24, 2.45) is 0 Å². The molecule has 208 valence electrons. The second-order valence-electron chi connectivity index (χ2n) is 9.45. The Morgan fingerprint density at radius 2 is 1.00 bits per heavy atom. The van der Waals surface area contributed by atoms with E-state index in [9.17, 15) is 14.0 Å². The van der Waals surface area contributed by atoms with Gasteiger partial charge in [0.1, 0.15) is 14.5 Å². The summed E-state index contributed by atoms with van der Waals surface area (Å²) in [5.74, 6) is 0. The smallest absolute Gasteiger partial charge is 0.148 e. The van der Waals surface area contributed by atoms with Crippen molar-refractivity contribution >= 4 is 42.1 Å².